The topological polar surface area (TPSA) is 94.6 Å². The Bertz CT molecular complexity index is 908. The molecule has 3 rings (SSSR count). The van der Waals surface area contributed by atoms with Crippen LogP contribution in [0.1, 0.15) is 22.3 Å². The zero-order valence-corrected chi connectivity index (χ0v) is 17.1. The summed E-state index contributed by atoms with van der Waals surface area (Å²) >= 11 is 7.03. The number of carbonyl (C=O) groups excluding carboxylic acids is 3. The van der Waals surface area contributed by atoms with Gasteiger partial charge in [0.2, 0.25) is 5.91 Å². The van der Waals surface area contributed by atoms with Gasteiger partial charge in [0.25, 0.3) is 5.91 Å². The molecule has 0 saturated carbocycles. The first-order valence-electron chi connectivity index (χ1n) is 8.69. The van der Waals surface area contributed by atoms with Crippen LogP contribution >= 0.6 is 22.9 Å². The highest BCUT2D eigenvalue weighted by Gasteiger charge is 2.26. The van der Waals surface area contributed by atoms with Crippen LogP contribution in [0.3, 0.4) is 0 Å². The van der Waals surface area contributed by atoms with E-state index >= 15 is 0 Å². The van der Waals surface area contributed by atoms with Crippen LogP contribution in [0.4, 0.5) is 15.6 Å². The molecule has 1 aromatic heterocycles. The molecule has 10 heteroatoms. The number of piperazine rings is 1. The second kappa shape index (κ2) is 8.57. The van der Waals surface area contributed by atoms with E-state index in [2.05, 4.69) is 15.6 Å². The van der Waals surface area contributed by atoms with E-state index in [-0.39, 0.29) is 11.8 Å². The van der Waals surface area contributed by atoms with Crippen molar-refractivity contribution in [3.8, 4) is 0 Å². The summed E-state index contributed by atoms with van der Waals surface area (Å²) in [6.45, 7) is 5.26. The summed E-state index contributed by atoms with van der Waals surface area (Å²) in [6.07, 6.45) is 0. The Kier molecular flexibility index (Phi) is 6.15. The van der Waals surface area contributed by atoms with E-state index < -0.39 is 6.03 Å². The third kappa shape index (κ3) is 4.79. The number of rotatable bonds is 3. The van der Waals surface area contributed by atoms with E-state index in [1.807, 2.05) is 0 Å². The Hall–Kier alpha value is -2.65. The maximum Gasteiger partial charge on any atom is 0.325 e. The van der Waals surface area contributed by atoms with Gasteiger partial charge in [0, 0.05) is 43.8 Å². The van der Waals surface area contributed by atoms with E-state index in [0.29, 0.717) is 52.6 Å². The minimum Gasteiger partial charge on any atom is -0.339 e. The third-order valence-electron chi connectivity index (χ3n) is 4.31. The van der Waals surface area contributed by atoms with Crippen LogP contribution in [-0.2, 0) is 4.79 Å². The minimum absolute atomic E-state index is 0.0123. The molecule has 8 nitrogen and oxygen atoms in total. The summed E-state index contributed by atoms with van der Waals surface area (Å²) in [6, 6.07) is 6.32. The van der Waals surface area contributed by atoms with Gasteiger partial charge in [-0.15, -0.1) is 0 Å². The number of urea groups is 1. The molecule has 0 radical (unpaired) electrons. The number of carbonyl (C=O) groups is 3. The van der Waals surface area contributed by atoms with E-state index in [1.165, 1.54) is 6.92 Å². The standard InChI is InChI=1S/C18H20ClN5O3S/c1-11-15(16(26)24-8-6-23(7-9-24)12(2)25)28-18(20-11)22-17(27)21-14-5-3-4-13(19)10-14/h3-5,10H,6-9H2,1-2H3,(H2,20,21,22,27). The Morgan fingerprint density at radius 2 is 1.79 bits per heavy atom. The Balaban J connectivity index is 1.62. The lowest BCUT2D eigenvalue weighted by molar-refractivity contribution is -0.130. The Labute approximate surface area is 171 Å². The van der Waals surface area contributed by atoms with Crippen LogP contribution in [0.25, 0.3) is 0 Å². The molecule has 0 spiro atoms. The van der Waals surface area contributed by atoms with Gasteiger partial charge in [0.15, 0.2) is 5.13 Å². The van der Waals surface area contributed by atoms with Crippen LogP contribution in [0.5, 0.6) is 0 Å². The van der Waals surface area contributed by atoms with Gasteiger partial charge in [-0.2, -0.15) is 0 Å². The van der Waals surface area contributed by atoms with Gasteiger partial charge in [-0.25, -0.2) is 9.78 Å². The number of aromatic nitrogens is 1. The molecule has 0 aliphatic carbocycles. The van der Waals surface area contributed by atoms with Crippen LogP contribution < -0.4 is 10.6 Å². The molecular weight excluding hydrogens is 402 g/mol. The number of hydrogen-bond acceptors (Lipinski definition) is 5. The van der Waals surface area contributed by atoms with Crippen LogP contribution in [0, 0.1) is 6.92 Å². The van der Waals surface area contributed by atoms with E-state index in [0.717, 1.165) is 11.3 Å². The molecule has 1 aliphatic rings. The molecule has 148 valence electrons. The molecule has 4 amide bonds. The van der Waals surface area contributed by atoms with E-state index in [1.54, 1.807) is 41.0 Å². The molecule has 28 heavy (non-hydrogen) atoms. The highest BCUT2D eigenvalue weighted by Crippen LogP contribution is 2.25. The second-order valence-electron chi connectivity index (χ2n) is 6.32. The second-order valence-corrected chi connectivity index (χ2v) is 7.76. The van der Waals surface area contributed by atoms with Crippen molar-refractivity contribution in [1.82, 2.24) is 14.8 Å². The molecule has 2 heterocycles. The van der Waals surface area contributed by atoms with Crippen molar-refractivity contribution in [3.63, 3.8) is 0 Å². The van der Waals surface area contributed by atoms with Crippen molar-refractivity contribution in [2.75, 3.05) is 36.8 Å². The highest BCUT2D eigenvalue weighted by atomic mass is 35.5. The molecule has 0 atom stereocenters. The van der Waals surface area contributed by atoms with Gasteiger partial charge in [-0.05, 0) is 25.1 Å². The van der Waals surface area contributed by atoms with Crippen LogP contribution in [-0.4, -0.2) is 58.8 Å². The molecule has 1 saturated heterocycles. The van der Waals surface area contributed by atoms with Gasteiger partial charge >= 0.3 is 6.03 Å². The summed E-state index contributed by atoms with van der Waals surface area (Å²) in [4.78, 5) is 44.5. The van der Waals surface area contributed by atoms with Crippen molar-refractivity contribution in [2.45, 2.75) is 13.8 Å². The number of nitrogens with zero attached hydrogens (tertiary/aromatic N) is 3. The maximum atomic E-state index is 12.8. The van der Waals surface area contributed by atoms with Crippen molar-refractivity contribution in [2.24, 2.45) is 0 Å². The summed E-state index contributed by atoms with van der Waals surface area (Å²) in [5, 5.41) is 6.16. The van der Waals surface area contributed by atoms with Crippen LogP contribution in [0.2, 0.25) is 5.02 Å². The van der Waals surface area contributed by atoms with Crippen molar-refractivity contribution >= 4 is 51.6 Å². The SMILES string of the molecule is CC(=O)N1CCN(C(=O)c2sc(NC(=O)Nc3cccc(Cl)c3)nc2C)CC1. The Morgan fingerprint density at radius 1 is 1.11 bits per heavy atom. The minimum atomic E-state index is -0.468. The number of benzene rings is 1. The number of amides is 4. The highest BCUT2D eigenvalue weighted by molar-refractivity contribution is 7.17. The van der Waals surface area contributed by atoms with Crippen molar-refractivity contribution in [3.05, 3.63) is 39.9 Å². The fraction of sp³-hybridized carbons (Fsp3) is 0.333. The van der Waals surface area contributed by atoms with E-state index in [4.69, 9.17) is 11.6 Å². The average molecular weight is 422 g/mol. The van der Waals surface area contributed by atoms with Gasteiger partial charge in [0.1, 0.15) is 4.88 Å². The maximum absolute atomic E-state index is 12.8. The predicted molar refractivity (Wildman–Crippen MR) is 109 cm³/mol. The molecule has 0 unspecified atom stereocenters. The predicted octanol–water partition coefficient (Wildman–Crippen LogP) is 3.05. The summed E-state index contributed by atoms with van der Waals surface area (Å²) < 4.78 is 0. The van der Waals surface area contributed by atoms with Gasteiger partial charge in [0.05, 0.1) is 5.69 Å². The number of anilines is 2. The van der Waals surface area contributed by atoms with Crippen molar-refractivity contribution in [1.29, 1.82) is 0 Å². The molecular formula is C18H20ClN5O3S. The zero-order valence-electron chi connectivity index (χ0n) is 15.5. The first kappa shape index (κ1) is 20.1. The molecule has 1 fully saturated rings. The van der Waals surface area contributed by atoms with Crippen molar-refractivity contribution < 1.29 is 14.4 Å². The summed E-state index contributed by atoms with van der Waals surface area (Å²) in [5.74, 6) is -0.125. The van der Waals surface area contributed by atoms with E-state index in [9.17, 15) is 14.4 Å². The summed E-state index contributed by atoms with van der Waals surface area (Å²) in [7, 11) is 0. The quantitative estimate of drug-likeness (QED) is 0.796. The molecule has 2 N–H and O–H groups in total. The lowest BCUT2D eigenvalue weighted by Crippen LogP contribution is -2.50. The lowest BCUT2D eigenvalue weighted by Gasteiger charge is -2.34. The normalized spacial score (nSPS) is 14.0. The third-order valence-corrected chi connectivity index (χ3v) is 5.60. The monoisotopic (exact) mass is 421 g/mol. The van der Waals surface area contributed by atoms with Gasteiger partial charge in [-0.3, -0.25) is 14.9 Å². The molecule has 1 aliphatic heterocycles. The Morgan fingerprint density at radius 3 is 2.43 bits per heavy atom. The molecule has 0 bridgehead atoms. The summed E-state index contributed by atoms with van der Waals surface area (Å²) in [5.41, 5.74) is 1.11. The van der Waals surface area contributed by atoms with Gasteiger partial charge in [-0.1, -0.05) is 29.0 Å². The average Bonchev–Trinajstić information content (AvgIpc) is 3.01. The number of hydrogen-bond donors (Lipinski definition) is 2. The first-order chi connectivity index (χ1) is 13.3. The number of halogens is 1. The first-order valence-corrected chi connectivity index (χ1v) is 9.88. The van der Waals surface area contributed by atoms with Gasteiger partial charge < -0.3 is 15.1 Å². The largest absolute Gasteiger partial charge is 0.339 e. The smallest absolute Gasteiger partial charge is 0.325 e. The lowest BCUT2D eigenvalue weighted by atomic mass is 10.2. The number of aryl methyl sites for hydroxylation is 1. The fourth-order valence-electron chi connectivity index (χ4n) is 2.84. The number of thiazole rings is 1. The van der Waals surface area contributed by atoms with Crippen LogP contribution in [0.15, 0.2) is 24.3 Å². The zero-order chi connectivity index (χ0) is 20.3. The molecule has 2 aromatic rings. The number of nitrogens with one attached hydrogen (secondary N) is 2. The molecule has 1 aromatic carbocycles. The fourth-order valence-corrected chi connectivity index (χ4v) is 3.96.